The molecule has 1 fully saturated rings. The Morgan fingerprint density at radius 2 is 2.10 bits per heavy atom. The molecule has 0 aliphatic carbocycles. The fourth-order valence-corrected chi connectivity index (χ4v) is 3.62. The van der Waals surface area contributed by atoms with E-state index in [4.69, 9.17) is 4.74 Å². The number of ether oxygens (including phenoxy) is 1. The van der Waals surface area contributed by atoms with E-state index < -0.39 is 5.82 Å². The van der Waals surface area contributed by atoms with E-state index in [0.29, 0.717) is 17.6 Å². The number of nitrogens with zero attached hydrogens (tertiary/aromatic N) is 4. The third-order valence-electron chi connectivity index (χ3n) is 5.43. The lowest BCUT2D eigenvalue weighted by molar-refractivity contribution is 0.367. The first-order valence-corrected chi connectivity index (χ1v) is 9.80. The lowest BCUT2D eigenvalue weighted by Gasteiger charge is -2.27. The highest BCUT2D eigenvalue weighted by molar-refractivity contribution is 5.82. The van der Waals surface area contributed by atoms with Gasteiger partial charge in [0.2, 0.25) is 11.8 Å². The van der Waals surface area contributed by atoms with Crippen molar-refractivity contribution in [1.82, 2.24) is 25.5 Å². The van der Waals surface area contributed by atoms with Gasteiger partial charge in [0.1, 0.15) is 0 Å². The van der Waals surface area contributed by atoms with Gasteiger partial charge in [-0.05, 0) is 43.5 Å². The number of anilines is 3. The van der Waals surface area contributed by atoms with Crippen molar-refractivity contribution >= 4 is 28.4 Å². The van der Waals surface area contributed by atoms with Crippen molar-refractivity contribution in [2.45, 2.75) is 25.8 Å². The molecule has 29 heavy (non-hydrogen) atoms. The zero-order valence-corrected chi connectivity index (χ0v) is 16.9. The molecule has 1 aromatic carbocycles. The summed E-state index contributed by atoms with van der Waals surface area (Å²) in [6.07, 6.45) is 3.86. The molecule has 0 amide bonds. The summed E-state index contributed by atoms with van der Waals surface area (Å²) in [5.74, 6) is 0.438. The predicted octanol–water partition coefficient (Wildman–Crippen LogP) is 3.07. The van der Waals surface area contributed by atoms with Crippen LogP contribution < -0.4 is 20.3 Å². The predicted molar refractivity (Wildman–Crippen MR) is 111 cm³/mol. The maximum atomic E-state index is 14.9. The van der Waals surface area contributed by atoms with Crippen LogP contribution in [0.15, 0.2) is 24.4 Å². The Morgan fingerprint density at radius 3 is 2.93 bits per heavy atom. The molecule has 1 saturated heterocycles. The number of H-pyrrole nitrogens is 1. The van der Waals surface area contributed by atoms with E-state index in [1.54, 1.807) is 6.20 Å². The lowest BCUT2D eigenvalue weighted by Crippen LogP contribution is -2.40. The largest absolute Gasteiger partial charge is 0.479 e. The number of nitrogens with one attached hydrogen (secondary N) is 3. The molecule has 0 bridgehead atoms. The Bertz CT molecular complexity index is 992. The molecule has 0 radical (unpaired) electrons. The van der Waals surface area contributed by atoms with Crippen LogP contribution in [-0.4, -0.2) is 53.5 Å². The Morgan fingerprint density at radius 1 is 1.24 bits per heavy atom. The van der Waals surface area contributed by atoms with Crippen LogP contribution in [0.1, 0.15) is 19.8 Å². The van der Waals surface area contributed by atoms with E-state index in [0.717, 1.165) is 36.8 Å². The van der Waals surface area contributed by atoms with E-state index in [1.807, 2.05) is 30.1 Å². The molecular weight excluding hydrogens is 373 g/mol. The van der Waals surface area contributed by atoms with Crippen molar-refractivity contribution in [1.29, 1.82) is 0 Å². The van der Waals surface area contributed by atoms with E-state index in [1.165, 1.54) is 7.11 Å². The van der Waals surface area contributed by atoms with Crippen LogP contribution in [0.2, 0.25) is 0 Å². The second-order valence-electron chi connectivity index (χ2n) is 7.60. The van der Waals surface area contributed by atoms with Gasteiger partial charge in [-0.2, -0.15) is 19.5 Å². The molecule has 154 valence electrons. The van der Waals surface area contributed by atoms with E-state index >= 15 is 0 Å². The molecule has 0 spiro atoms. The SMILES string of the molecule is COc1nc(N(C)C2CCC(C)CNC2)nc(Nc2ccc3[nH]ncc3c2)c1F. The highest BCUT2D eigenvalue weighted by Crippen LogP contribution is 2.29. The summed E-state index contributed by atoms with van der Waals surface area (Å²) in [7, 11) is 3.35. The van der Waals surface area contributed by atoms with Gasteiger partial charge in [0.05, 0.1) is 18.8 Å². The molecule has 4 rings (SSSR count). The van der Waals surface area contributed by atoms with Crippen LogP contribution in [0.25, 0.3) is 10.9 Å². The number of hydrogen-bond acceptors (Lipinski definition) is 7. The summed E-state index contributed by atoms with van der Waals surface area (Å²) in [6.45, 7) is 4.08. The average molecular weight is 399 g/mol. The highest BCUT2D eigenvalue weighted by Gasteiger charge is 2.24. The van der Waals surface area contributed by atoms with Crippen molar-refractivity contribution in [2.75, 3.05) is 37.5 Å². The zero-order chi connectivity index (χ0) is 20.4. The number of likely N-dealkylation sites (N-methyl/N-ethyl adjacent to an activating group) is 1. The van der Waals surface area contributed by atoms with Gasteiger partial charge >= 0.3 is 0 Å². The number of aromatic amines is 1. The number of hydrogen-bond donors (Lipinski definition) is 3. The van der Waals surface area contributed by atoms with Crippen molar-refractivity contribution < 1.29 is 9.13 Å². The van der Waals surface area contributed by atoms with Crippen LogP contribution in [0.5, 0.6) is 5.88 Å². The molecule has 3 N–H and O–H groups in total. The van der Waals surface area contributed by atoms with Gasteiger partial charge in [0.25, 0.3) is 5.88 Å². The van der Waals surface area contributed by atoms with Crippen molar-refractivity contribution in [3.63, 3.8) is 0 Å². The second kappa shape index (κ2) is 8.20. The Balaban J connectivity index is 1.63. The molecule has 1 aliphatic rings. The Hall–Kier alpha value is -2.94. The van der Waals surface area contributed by atoms with Crippen LogP contribution in [0.3, 0.4) is 0 Å². The average Bonchev–Trinajstić information content (AvgIpc) is 3.08. The monoisotopic (exact) mass is 399 g/mol. The summed E-state index contributed by atoms with van der Waals surface area (Å²) < 4.78 is 20.0. The van der Waals surface area contributed by atoms with Crippen LogP contribution in [-0.2, 0) is 0 Å². The highest BCUT2D eigenvalue weighted by atomic mass is 19.1. The maximum absolute atomic E-state index is 14.9. The third kappa shape index (κ3) is 4.09. The minimum absolute atomic E-state index is 0.0799. The third-order valence-corrected chi connectivity index (χ3v) is 5.43. The molecule has 3 aromatic rings. The summed E-state index contributed by atoms with van der Waals surface area (Å²) in [5.41, 5.74) is 1.61. The van der Waals surface area contributed by atoms with Gasteiger partial charge in [-0.1, -0.05) is 6.92 Å². The molecule has 9 heteroatoms. The Kier molecular flexibility index (Phi) is 5.48. The number of halogens is 1. The number of aromatic nitrogens is 4. The molecule has 3 heterocycles. The first kappa shape index (κ1) is 19.4. The number of rotatable bonds is 5. The topological polar surface area (TPSA) is 91.0 Å². The van der Waals surface area contributed by atoms with Crippen molar-refractivity contribution in [2.24, 2.45) is 5.92 Å². The van der Waals surface area contributed by atoms with Gasteiger partial charge in [-0.25, -0.2) is 0 Å². The normalized spacial score (nSPS) is 19.7. The molecule has 8 nitrogen and oxygen atoms in total. The van der Waals surface area contributed by atoms with Gasteiger partial charge in [-0.15, -0.1) is 0 Å². The number of benzene rings is 1. The quantitative estimate of drug-likeness (QED) is 0.607. The van der Waals surface area contributed by atoms with E-state index in [9.17, 15) is 4.39 Å². The molecule has 1 aliphatic heterocycles. The fourth-order valence-electron chi connectivity index (χ4n) is 3.62. The van der Waals surface area contributed by atoms with E-state index in [-0.39, 0.29) is 17.7 Å². The molecule has 2 atom stereocenters. The van der Waals surface area contributed by atoms with Crippen LogP contribution >= 0.6 is 0 Å². The molecular formula is C20H26FN7O. The number of fused-ring (bicyclic) bond motifs is 1. The van der Waals surface area contributed by atoms with E-state index in [2.05, 4.69) is 37.7 Å². The summed E-state index contributed by atoms with van der Waals surface area (Å²) in [4.78, 5) is 10.8. The van der Waals surface area contributed by atoms with Crippen LogP contribution in [0, 0.1) is 11.7 Å². The maximum Gasteiger partial charge on any atom is 0.257 e. The molecule has 0 saturated carbocycles. The molecule has 2 aromatic heterocycles. The Labute approximate surface area is 168 Å². The number of methoxy groups -OCH3 is 1. The van der Waals surface area contributed by atoms with Crippen molar-refractivity contribution in [3.05, 3.63) is 30.2 Å². The smallest absolute Gasteiger partial charge is 0.257 e. The second-order valence-corrected chi connectivity index (χ2v) is 7.60. The van der Waals surface area contributed by atoms with Crippen molar-refractivity contribution in [3.8, 4) is 5.88 Å². The van der Waals surface area contributed by atoms with Crippen LogP contribution in [0.4, 0.5) is 21.8 Å². The minimum Gasteiger partial charge on any atom is -0.479 e. The van der Waals surface area contributed by atoms with Gasteiger partial charge in [0, 0.05) is 30.7 Å². The summed E-state index contributed by atoms with van der Waals surface area (Å²) in [6, 6.07) is 5.83. The van der Waals surface area contributed by atoms with Gasteiger partial charge in [-0.3, -0.25) is 5.10 Å². The lowest BCUT2D eigenvalue weighted by atomic mass is 10.0. The van der Waals surface area contributed by atoms with Gasteiger partial charge in [0.15, 0.2) is 5.82 Å². The zero-order valence-electron chi connectivity index (χ0n) is 16.9. The summed E-state index contributed by atoms with van der Waals surface area (Å²) >= 11 is 0. The minimum atomic E-state index is -0.621. The van der Waals surface area contributed by atoms with Gasteiger partial charge < -0.3 is 20.3 Å². The first-order valence-electron chi connectivity index (χ1n) is 9.80. The fraction of sp³-hybridized carbons (Fsp3) is 0.450. The summed E-state index contributed by atoms with van der Waals surface area (Å²) in [5, 5.41) is 14.4. The first-order chi connectivity index (χ1) is 14.0. The molecule has 2 unspecified atom stereocenters. The standard InChI is InChI=1S/C20H26FN7O/c1-12-4-6-15(11-22-9-12)28(2)20-25-18(17(21)19(26-20)29-3)24-14-5-7-16-13(8-14)10-23-27-16/h5,7-8,10,12,15,22H,4,6,9,11H2,1-3H3,(H,23,27)(H,24,25,26).